The first-order valence-corrected chi connectivity index (χ1v) is 6.34. The first kappa shape index (κ1) is 12.7. The number of rotatable bonds is 2. The molecule has 1 heterocycles. The van der Waals surface area contributed by atoms with Gasteiger partial charge in [-0.15, -0.1) is 0 Å². The summed E-state index contributed by atoms with van der Waals surface area (Å²) in [5, 5.41) is 4.84. The molecule has 0 atom stereocenters. The number of nitrogens with zero attached hydrogens (tertiary/aromatic N) is 1. The number of hydrogen-bond donors (Lipinski definition) is 1. The molecule has 4 nitrogen and oxygen atoms in total. The van der Waals surface area contributed by atoms with Gasteiger partial charge >= 0.3 is 0 Å². The van der Waals surface area contributed by atoms with E-state index in [1.54, 1.807) is 22.6 Å². The number of sulfonamides is 1. The first-order valence-electron chi connectivity index (χ1n) is 3.71. The van der Waals surface area contributed by atoms with Crippen LogP contribution in [0.25, 0.3) is 0 Å². The van der Waals surface area contributed by atoms with Crippen molar-refractivity contribution in [2.75, 3.05) is 0 Å². The molecule has 1 aromatic heterocycles. The fourth-order valence-electron chi connectivity index (χ4n) is 1.12. The number of primary sulfonamides is 1. The number of aromatic nitrogens is 1. The third kappa shape index (κ3) is 2.82. The third-order valence-electron chi connectivity index (χ3n) is 1.70. The van der Waals surface area contributed by atoms with Crippen LogP contribution in [-0.2, 0) is 10.0 Å². The van der Waals surface area contributed by atoms with Crippen molar-refractivity contribution in [2.24, 2.45) is 5.14 Å². The molecule has 0 aliphatic heterocycles. The van der Waals surface area contributed by atoms with E-state index >= 15 is 0 Å². The van der Waals surface area contributed by atoms with Gasteiger partial charge in [0.1, 0.15) is 3.70 Å². The van der Waals surface area contributed by atoms with E-state index in [0.717, 1.165) is 6.07 Å². The number of halogens is 3. The van der Waals surface area contributed by atoms with Crippen LogP contribution < -0.4 is 5.14 Å². The first-order chi connectivity index (χ1) is 6.73. The Kier molecular flexibility index (Phi) is 3.61. The van der Waals surface area contributed by atoms with Gasteiger partial charge in [-0.2, -0.15) is 0 Å². The van der Waals surface area contributed by atoms with Crippen molar-refractivity contribution in [3.63, 3.8) is 0 Å². The monoisotopic (exact) mass is 348 g/mol. The number of nitrogens with two attached hydrogens (primary N) is 1. The topological polar surface area (TPSA) is 73.0 Å². The zero-order valence-corrected chi connectivity index (χ0v) is 10.5. The lowest BCUT2D eigenvalue weighted by Gasteiger charge is -2.09. The second-order valence-corrected chi connectivity index (χ2v) is 5.42. The maximum absolute atomic E-state index is 12.6. The van der Waals surface area contributed by atoms with Gasteiger partial charge in [0.05, 0.1) is 10.5 Å². The molecule has 0 saturated heterocycles. The van der Waals surface area contributed by atoms with Gasteiger partial charge in [-0.25, -0.2) is 27.3 Å². The summed E-state index contributed by atoms with van der Waals surface area (Å²) in [5.41, 5.74) is -0.654. The summed E-state index contributed by atoms with van der Waals surface area (Å²) in [6, 6.07) is 1.03. The predicted molar refractivity (Wildman–Crippen MR) is 58.0 cm³/mol. The van der Waals surface area contributed by atoms with E-state index in [1.165, 1.54) is 6.92 Å². The highest BCUT2D eigenvalue weighted by Crippen LogP contribution is 2.28. The van der Waals surface area contributed by atoms with Crippen molar-refractivity contribution in [3.05, 3.63) is 21.0 Å². The lowest BCUT2D eigenvalue weighted by atomic mass is 10.2. The summed E-state index contributed by atoms with van der Waals surface area (Å²) in [6.07, 6.45) is -2.91. The maximum atomic E-state index is 12.6. The van der Waals surface area contributed by atoms with Gasteiger partial charge in [-0.3, -0.25) is 0 Å². The molecule has 0 saturated carbocycles. The van der Waals surface area contributed by atoms with Gasteiger partial charge in [0.15, 0.2) is 0 Å². The number of pyridine rings is 1. The standard InChI is InChI=1S/C7H7F2IN2O2S/c1-3-6(7(8)9)4(15(11,13)14)2-5(10)12-3/h2,7H,1H3,(H2,11,13,14). The Labute approximate surface area is 99.1 Å². The minimum atomic E-state index is -4.15. The molecule has 15 heavy (non-hydrogen) atoms. The molecule has 8 heteroatoms. The SMILES string of the molecule is Cc1nc(I)cc(S(N)(=O)=O)c1C(F)F. The van der Waals surface area contributed by atoms with Crippen molar-refractivity contribution in [1.29, 1.82) is 0 Å². The summed E-state index contributed by atoms with van der Waals surface area (Å²) in [7, 11) is -4.15. The summed E-state index contributed by atoms with van der Waals surface area (Å²) in [6.45, 7) is 1.32. The van der Waals surface area contributed by atoms with Crippen LogP contribution in [0.2, 0.25) is 0 Å². The zero-order chi connectivity index (χ0) is 11.8. The Bertz CT molecular complexity index is 490. The maximum Gasteiger partial charge on any atom is 0.266 e. The van der Waals surface area contributed by atoms with Crippen molar-refractivity contribution in [3.8, 4) is 0 Å². The van der Waals surface area contributed by atoms with Crippen molar-refractivity contribution < 1.29 is 17.2 Å². The second-order valence-electron chi connectivity index (χ2n) is 2.79. The minimum absolute atomic E-state index is 0.0269. The van der Waals surface area contributed by atoms with Gasteiger partial charge in [-0.05, 0) is 35.6 Å². The Morgan fingerprint density at radius 2 is 2.07 bits per heavy atom. The van der Waals surface area contributed by atoms with Gasteiger partial charge in [0.25, 0.3) is 6.43 Å². The van der Waals surface area contributed by atoms with Crippen LogP contribution in [0.5, 0.6) is 0 Å². The Morgan fingerprint density at radius 1 is 1.53 bits per heavy atom. The van der Waals surface area contributed by atoms with Crippen LogP contribution in [0.15, 0.2) is 11.0 Å². The van der Waals surface area contributed by atoms with E-state index in [1.807, 2.05) is 0 Å². The van der Waals surface area contributed by atoms with E-state index in [2.05, 4.69) is 4.98 Å². The molecular weight excluding hydrogens is 341 g/mol. The molecule has 0 spiro atoms. The van der Waals surface area contributed by atoms with E-state index in [4.69, 9.17) is 5.14 Å². The molecule has 0 amide bonds. The molecule has 0 unspecified atom stereocenters. The molecule has 0 fully saturated rings. The molecule has 0 bridgehead atoms. The number of alkyl halides is 2. The zero-order valence-electron chi connectivity index (χ0n) is 7.54. The average Bonchev–Trinajstić information content (AvgIpc) is 1.99. The minimum Gasteiger partial charge on any atom is -0.247 e. The summed E-state index contributed by atoms with van der Waals surface area (Å²) in [5.74, 6) is 0. The fraction of sp³-hybridized carbons (Fsp3) is 0.286. The quantitative estimate of drug-likeness (QED) is 0.652. The van der Waals surface area contributed by atoms with Crippen LogP contribution in [0.3, 0.4) is 0 Å². The summed E-state index contributed by atoms with van der Waals surface area (Å²) in [4.78, 5) is 3.19. The smallest absolute Gasteiger partial charge is 0.247 e. The third-order valence-corrected chi connectivity index (χ3v) is 3.21. The van der Waals surface area contributed by atoms with Gasteiger partial charge in [0, 0.05) is 5.69 Å². The highest BCUT2D eigenvalue weighted by Gasteiger charge is 2.24. The highest BCUT2D eigenvalue weighted by atomic mass is 127. The molecule has 2 N–H and O–H groups in total. The van der Waals surface area contributed by atoms with E-state index < -0.39 is 26.9 Å². The number of aryl methyl sites for hydroxylation is 1. The molecule has 84 valence electrons. The summed E-state index contributed by atoms with van der Waals surface area (Å²) >= 11 is 1.74. The molecule has 0 aromatic carbocycles. The van der Waals surface area contributed by atoms with Gasteiger partial charge in [0.2, 0.25) is 10.0 Å². The van der Waals surface area contributed by atoms with Gasteiger partial charge in [-0.1, -0.05) is 0 Å². The van der Waals surface area contributed by atoms with Crippen molar-refractivity contribution in [1.82, 2.24) is 4.98 Å². The van der Waals surface area contributed by atoms with Crippen molar-refractivity contribution >= 4 is 32.6 Å². The van der Waals surface area contributed by atoms with Crippen LogP contribution >= 0.6 is 22.6 Å². The lowest BCUT2D eigenvalue weighted by Crippen LogP contribution is -2.16. The van der Waals surface area contributed by atoms with Crippen LogP contribution in [-0.4, -0.2) is 13.4 Å². The Morgan fingerprint density at radius 3 is 2.47 bits per heavy atom. The molecule has 0 aliphatic rings. The highest BCUT2D eigenvalue weighted by molar-refractivity contribution is 14.1. The van der Waals surface area contributed by atoms with Gasteiger partial charge < -0.3 is 0 Å². The largest absolute Gasteiger partial charge is 0.266 e. The van der Waals surface area contributed by atoms with Crippen LogP contribution in [0, 0.1) is 10.6 Å². The normalized spacial score (nSPS) is 12.1. The van der Waals surface area contributed by atoms with Crippen LogP contribution in [0.1, 0.15) is 17.7 Å². The average molecular weight is 348 g/mol. The van der Waals surface area contributed by atoms with E-state index in [0.29, 0.717) is 3.70 Å². The van der Waals surface area contributed by atoms with E-state index in [-0.39, 0.29) is 5.69 Å². The summed E-state index contributed by atoms with van der Waals surface area (Å²) < 4.78 is 47.6. The fourth-order valence-corrected chi connectivity index (χ4v) is 2.82. The molecular formula is C7H7F2IN2O2S. The van der Waals surface area contributed by atoms with Crippen molar-refractivity contribution in [2.45, 2.75) is 18.2 Å². The van der Waals surface area contributed by atoms with Crippen LogP contribution in [0.4, 0.5) is 8.78 Å². The number of hydrogen-bond acceptors (Lipinski definition) is 3. The predicted octanol–water partition coefficient (Wildman–Crippen LogP) is 1.58. The van der Waals surface area contributed by atoms with E-state index in [9.17, 15) is 17.2 Å². The Balaban J connectivity index is 3.62. The molecule has 0 radical (unpaired) electrons. The molecule has 1 rings (SSSR count). The molecule has 0 aliphatic carbocycles. The molecule has 1 aromatic rings. The lowest BCUT2D eigenvalue weighted by molar-refractivity contribution is 0.146. The second kappa shape index (κ2) is 4.26. The Hall–Kier alpha value is -0.350.